The van der Waals surface area contributed by atoms with Crippen molar-refractivity contribution in [2.24, 2.45) is 0 Å². The van der Waals surface area contributed by atoms with Gasteiger partial charge in [0.1, 0.15) is 5.75 Å². The third kappa shape index (κ3) is 6.26. The summed E-state index contributed by atoms with van der Waals surface area (Å²) in [4.78, 5) is 7.13. The number of hydrogen-bond donors (Lipinski definition) is 1. The Balaban J connectivity index is 1.55. The molecule has 0 aromatic heterocycles. The van der Waals surface area contributed by atoms with Crippen LogP contribution in [0.4, 0.5) is 11.4 Å². The van der Waals surface area contributed by atoms with Crippen molar-refractivity contribution in [1.82, 2.24) is 9.62 Å². The number of benzene rings is 3. The van der Waals surface area contributed by atoms with E-state index in [1.54, 1.807) is 26.2 Å². The number of ether oxygens (including phenoxy) is 1. The predicted octanol–water partition coefficient (Wildman–Crippen LogP) is 4.22. The molecule has 37 heavy (non-hydrogen) atoms. The van der Waals surface area contributed by atoms with E-state index in [2.05, 4.69) is 68.0 Å². The molecule has 1 saturated heterocycles. The van der Waals surface area contributed by atoms with Crippen molar-refractivity contribution in [3.05, 3.63) is 83.4 Å². The van der Waals surface area contributed by atoms with Gasteiger partial charge >= 0.3 is 0 Å². The molecule has 1 aliphatic rings. The molecule has 1 aliphatic heterocycles. The van der Waals surface area contributed by atoms with E-state index >= 15 is 0 Å². The second-order valence-corrected chi connectivity index (χ2v) is 11.5. The Labute approximate surface area is 221 Å². The minimum Gasteiger partial charge on any atom is -0.496 e. The van der Waals surface area contributed by atoms with Crippen LogP contribution in [0.3, 0.4) is 0 Å². The molecule has 3 aromatic carbocycles. The standard InChI is InChI=1S/C29H38N4O3S/c1-22-20-29(23(2)19-28(22)36-5)37(34,35)30-21-27(24-11-13-25(14-12-24)31(3)4)33-17-15-32(16-18-33)26-9-7-6-8-10-26/h6-14,19-20,27,30H,15-18,21H2,1-5H3. The summed E-state index contributed by atoms with van der Waals surface area (Å²) in [6.07, 6.45) is 0. The van der Waals surface area contributed by atoms with E-state index < -0.39 is 10.0 Å². The van der Waals surface area contributed by atoms with Crippen LogP contribution >= 0.6 is 0 Å². The van der Waals surface area contributed by atoms with Gasteiger partial charge in [-0.2, -0.15) is 0 Å². The molecule has 4 rings (SSSR count). The van der Waals surface area contributed by atoms with Crippen molar-refractivity contribution in [3.8, 4) is 5.75 Å². The Morgan fingerprint density at radius 1 is 0.919 bits per heavy atom. The van der Waals surface area contributed by atoms with E-state index in [1.165, 1.54) is 5.69 Å². The molecule has 3 aromatic rings. The zero-order chi connectivity index (χ0) is 26.6. The van der Waals surface area contributed by atoms with Gasteiger partial charge in [0, 0.05) is 64.2 Å². The summed E-state index contributed by atoms with van der Waals surface area (Å²) in [6, 6.07) is 22.2. The van der Waals surface area contributed by atoms with Crippen LogP contribution in [0.15, 0.2) is 71.6 Å². The van der Waals surface area contributed by atoms with Gasteiger partial charge in [0.05, 0.1) is 12.0 Å². The maximum absolute atomic E-state index is 13.4. The third-order valence-corrected chi connectivity index (χ3v) is 8.68. The molecule has 7 nitrogen and oxygen atoms in total. The lowest BCUT2D eigenvalue weighted by Gasteiger charge is -2.40. The maximum atomic E-state index is 13.4. The molecule has 0 amide bonds. The fourth-order valence-electron chi connectivity index (χ4n) is 4.92. The first-order chi connectivity index (χ1) is 17.7. The van der Waals surface area contributed by atoms with E-state index in [0.717, 1.165) is 43.0 Å². The van der Waals surface area contributed by atoms with Gasteiger partial charge in [-0.1, -0.05) is 30.3 Å². The van der Waals surface area contributed by atoms with E-state index in [1.807, 2.05) is 27.1 Å². The Kier molecular flexibility index (Phi) is 8.42. The molecule has 0 saturated carbocycles. The zero-order valence-electron chi connectivity index (χ0n) is 22.4. The number of piperazine rings is 1. The first kappa shape index (κ1) is 27.0. The number of sulfonamides is 1. The molecule has 0 spiro atoms. The van der Waals surface area contributed by atoms with Gasteiger partial charge in [-0.25, -0.2) is 13.1 Å². The third-order valence-electron chi connectivity index (χ3n) is 7.12. The van der Waals surface area contributed by atoms with Gasteiger partial charge in [0.15, 0.2) is 0 Å². The second-order valence-electron chi connectivity index (χ2n) is 9.80. The summed E-state index contributed by atoms with van der Waals surface area (Å²) < 4.78 is 35.1. The molecule has 0 aliphatic carbocycles. The van der Waals surface area contributed by atoms with Crippen LogP contribution in [0.25, 0.3) is 0 Å². The molecule has 0 bridgehead atoms. The maximum Gasteiger partial charge on any atom is 0.240 e. The number of methoxy groups -OCH3 is 1. The highest BCUT2D eigenvalue weighted by atomic mass is 32.2. The average Bonchev–Trinajstić information content (AvgIpc) is 2.91. The Bertz CT molecular complexity index is 1290. The van der Waals surface area contributed by atoms with Crippen molar-refractivity contribution in [1.29, 1.82) is 0 Å². The summed E-state index contributed by atoms with van der Waals surface area (Å²) >= 11 is 0. The molecule has 1 N–H and O–H groups in total. The molecule has 1 fully saturated rings. The minimum absolute atomic E-state index is 0.0800. The van der Waals surface area contributed by atoms with Crippen molar-refractivity contribution >= 4 is 21.4 Å². The molecular formula is C29H38N4O3S. The number of nitrogens with zero attached hydrogens (tertiary/aromatic N) is 3. The molecule has 1 unspecified atom stereocenters. The second kappa shape index (κ2) is 11.5. The molecule has 1 heterocycles. The summed E-state index contributed by atoms with van der Waals surface area (Å²) in [7, 11) is 1.92. The molecular weight excluding hydrogens is 484 g/mol. The van der Waals surface area contributed by atoms with Gasteiger partial charge in [-0.15, -0.1) is 0 Å². The van der Waals surface area contributed by atoms with Crippen LogP contribution in [0.1, 0.15) is 22.7 Å². The Hall–Kier alpha value is -3.07. The van der Waals surface area contributed by atoms with Crippen LogP contribution in [0, 0.1) is 13.8 Å². The lowest BCUT2D eigenvalue weighted by atomic mass is 10.0. The monoisotopic (exact) mass is 522 g/mol. The van der Waals surface area contributed by atoms with Crippen LogP contribution in [-0.4, -0.2) is 67.2 Å². The van der Waals surface area contributed by atoms with Crippen LogP contribution in [0.5, 0.6) is 5.75 Å². The number of aryl methyl sites for hydroxylation is 2. The normalized spacial score (nSPS) is 15.4. The first-order valence-electron chi connectivity index (χ1n) is 12.7. The molecule has 0 radical (unpaired) electrons. The molecule has 1 atom stereocenters. The quantitative estimate of drug-likeness (QED) is 0.454. The lowest BCUT2D eigenvalue weighted by Crippen LogP contribution is -2.50. The SMILES string of the molecule is COc1cc(C)c(S(=O)(=O)NCC(c2ccc(N(C)C)cc2)N2CCN(c3ccccc3)CC2)cc1C. The molecule has 198 valence electrons. The van der Waals surface area contributed by atoms with Gasteiger partial charge in [0.25, 0.3) is 0 Å². The highest BCUT2D eigenvalue weighted by Gasteiger charge is 2.28. The number of rotatable bonds is 9. The lowest BCUT2D eigenvalue weighted by molar-refractivity contribution is 0.187. The Morgan fingerprint density at radius 2 is 1.57 bits per heavy atom. The summed E-state index contributed by atoms with van der Waals surface area (Å²) in [5, 5.41) is 0. The van der Waals surface area contributed by atoms with Gasteiger partial charge in [-0.3, -0.25) is 4.90 Å². The van der Waals surface area contributed by atoms with Crippen molar-refractivity contribution < 1.29 is 13.2 Å². The minimum atomic E-state index is -3.71. The number of anilines is 2. The number of hydrogen-bond acceptors (Lipinski definition) is 6. The number of nitrogens with one attached hydrogen (secondary N) is 1. The summed E-state index contributed by atoms with van der Waals surface area (Å²) in [6.45, 7) is 7.42. The van der Waals surface area contributed by atoms with Crippen molar-refractivity contribution in [2.75, 3.05) is 63.7 Å². The summed E-state index contributed by atoms with van der Waals surface area (Å²) in [5.74, 6) is 0.687. The Morgan fingerprint density at radius 3 is 2.16 bits per heavy atom. The van der Waals surface area contributed by atoms with E-state index in [9.17, 15) is 8.42 Å². The largest absolute Gasteiger partial charge is 0.496 e. The van der Waals surface area contributed by atoms with Crippen molar-refractivity contribution in [2.45, 2.75) is 24.8 Å². The molecule has 8 heteroatoms. The van der Waals surface area contributed by atoms with E-state index in [-0.39, 0.29) is 6.04 Å². The van der Waals surface area contributed by atoms with Crippen molar-refractivity contribution in [3.63, 3.8) is 0 Å². The fraction of sp³-hybridized carbons (Fsp3) is 0.379. The average molecular weight is 523 g/mol. The van der Waals surface area contributed by atoms with E-state index in [4.69, 9.17) is 4.74 Å². The van der Waals surface area contributed by atoms with Crippen LogP contribution in [0.2, 0.25) is 0 Å². The van der Waals surface area contributed by atoms with E-state index in [0.29, 0.717) is 22.8 Å². The number of para-hydroxylation sites is 1. The smallest absolute Gasteiger partial charge is 0.240 e. The van der Waals surface area contributed by atoms with Crippen LogP contribution in [-0.2, 0) is 10.0 Å². The highest BCUT2D eigenvalue weighted by Crippen LogP contribution is 2.28. The van der Waals surface area contributed by atoms with Crippen LogP contribution < -0.4 is 19.3 Å². The highest BCUT2D eigenvalue weighted by molar-refractivity contribution is 7.89. The fourth-order valence-corrected chi connectivity index (χ4v) is 6.27. The topological polar surface area (TPSA) is 65.1 Å². The summed E-state index contributed by atoms with van der Waals surface area (Å²) in [5.41, 5.74) is 4.89. The zero-order valence-corrected chi connectivity index (χ0v) is 23.3. The van der Waals surface area contributed by atoms with Gasteiger partial charge < -0.3 is 14.5 Å². The first-order valence-corrected chi connectivity index (χ1v) is 14.1. The predicted molar refractivity (Wildman–Crippen MR) is 151 cm³/mol. The van der Waals surface area contributed by atoms with Gasteiger partial charge in [-0.05, 0) is 66.9 Å². The van der Waals surface area contributed by atoms with Gasteiger partial charge in [0.2, 0.25) is 10.0 Å².